The van der Waals surface area contributed by atoms with E-state index >= 15 is 0 Å². The summed E-state index contributed by atoms with van der Waals surface area (Å²) in [7, 11) is -2.24. The van der Waals surface area contributed by atoms with Crippen molar-refractivity contribution >= 4 is 15.7 Å². The predicted molar refractivity (Wildman–Crippen MR) is 72.4 cm³/mol. The fourth-order valence-corrected chi connectivity index (χ4v) is 3.18. The number of nitrogen functional groups attached to an aromatic ring is 1. The summed E-state index contributed by atoms with van der Waals surface area (Å²) in [4.78, 5) is 3.85. The summed E-state index contributed by atoms with van der Waals surface area (Å²) in [5, 5.41) is -0.146. The molecule has 1 unspecified atom stereocenters. The highest BCUT2D eigenvalue weighted by Gasteiger charge is 2.36. The first kappa shape index (κ1) is 15.1. The number of aromatic nitrogens is 1. The summed E-state index contributed by atoms with van der Waals surface area (Å²) < 4.78 is 37.6. The number of nitrogens with zero attached hydrogens (tertiary/aromatic N) is 1. The van der Waals surface area contributed by atoms with Gasteiger partial charge in [0, 0.05) is 32.9 Å². The van der Waals surface area contributed by atoms with E-state index in [1.54, 1.807) is 6.07 Å². The number of hydrazine groups is 1. The van der Waals surface area contributed by atoms with E-state index in [-0.39, 0.29) is 17.3 Å². The van der Waals surface area contributed by atoms with Gasteiger partial charge in [-0.3, -0.25) is 5.84 Å². The van der Waals surface area contributed by atoms with E-state index in [0.29, 0.717) is 19.6 Å². The molecule has 0 bridgehead atoms. The first-order chi connectivity index (χ1) is 9.53. The molecule has 112 valence electrons. The second-order valence-corrected chi connectivity index (χ2v) is 6.20. The lowest BCUT2D eigenvalue weighted by Gasteiger charge is -2.25. The van der Waals surface area contributed by atoms with Crippen molar-refractivity contribution in [1.29, 1.82) is 0 Å². The molecule has 20 heavy (non-hydrogen) atoms. The van der Waals surface area contributed by atoms with E-state index in [9.17, 15) is 8.42 Å². The largest absolute Gasteiger partial charge is 0.378 e. The summed E-state index contributed by atoms with van der Waals surface area (Å²) in [6.45, 7) is 1.03. The number of nitrogens with two attached hydrogens (primary N) is 1. The van der Waals surface area contributed by atoms with Crippen LogP contribution >= 0.6 is 0 Å². The number of hydrogen-bond acceptors (Lipinski definition) is 7. The van der Waals surface area contributed by atoms with Crippen LogP contribution in [-0.4, -0.2) is 45.9 Å². The molecular weight excluding hydrogens is 284 g/mol. The van der Waals surface area contributed by atoms with Crippen molar-refractivity contribution in [2.45, 2.75) is 17.0 Å². The van der Waals surface area contributed by atoms with Crippen LogP contribution in [0.3, 0.4) is 0 Å². The van der Waals surface area contributed by atoms with Crippen LogP contribution in [-0.2, 0) is 19.5 Å². The van der Waals surface area contributed by atoms with E-state index in [1.807, 2.05) is 0 Å². The van der Waals surface area contributed by atoms with E-state index in [4.69, 9.17) is 15.3 Å². The number of nitrogens with one attached hydrogen (secondary N) is 2. The Balaban J connectivity index is 2.15. The Hall–Kier alpha value is -1.26. The van der Waals surface area contributed by atoms with Crippen molar-refractivity contribution in [3.8, 4) is 0 Å². The fourth-order valence-electron chi connectivity index (χ4n) is 1.97. The van der Waals surface area contributed by atoms with Crippen molar-refractivity contribution in [2.75, 3.05) is 32.3 Å². The van der Waals surface area contributed by atoms with Crippen molar-refractivity contribution in [2.24, 2.45) is 5.84 Å². The molecule has 0 radical (unpaired) electrons. The SMILES string of the molecule is COC1(CNS(=O)(=O)c2ncccc2NN)CCOC1. The summed E-state index contributed by atoms with van der Waals surface area (Å²) in [6.07, 6.45) is 2.02. The molecule has 1 aromatic heterocycles. The number of hydrogen-bond donors (Lipinski definition) is 3. The van der Waals surface area contributed by atoms with Crippen LogP contribution in [0.25, 0.3) is 0 Å². The van der Waals surface area contributed by atoms with Gasteiger partial charge in [0.2, 0.25) is 0 Å². The van der Waals surface area contributed by atoms with Crippen LogP contribution in [0.1, 0.15) is 6.42 Å². The Morgan fingerprint density at radius 2 is 2.40 bits per heavy atom. The minimum atomic E-state index is -3.78. The van der Waals surface area contributed by atoms with Crippen LogP contribution in [0.4, 0.5) is 5.69 Å². The van der Waals surface area contributed by atoms with Gasteiger partial charge in [0.1, 0.15) is 5.60 Å². The second kappa shape index (κ2) is 6.02. The van der Waals surface area contributed by atoms with Crippen molar-refractivity contribution in [3.05, 3.63) is 18.3 Å². The maximum absolute atomic E-state index is 12.3. The van der Waals surface area contributed by atoms with E-state index in [1.165, 1.54) is 19.4 Å². The Kier molecular flexibility index (Phi) is 4.55. The molecule has 1 aliphatic heterocycles. The van der Waals surface area contributed by atoms with Gasteiger partial charge in [-0.2, -0.15) is 0 Å². The number of anilines is 1. The van der Waals surface area contributed by atoms with Gasteiger partial charge < -0.3 is 14.9 Å². The molecule has 2 heterocycles. The molecule has 1 saturated heterocycles. The summed E-state index contributed by atoms with van der Waals surface area (Å²) in [5.41, 5.74) is 1.92. The van der Waals surface area contributed by atoms with Gasteiger partial charge in [0.15, 0.2) is 5.03 Å². The Morgan fingerprint density at radius 1 is 1.60 bits per heavy atom. The van der Waals surface area contributed by atoms with Crippen LogP contribution in [0.5, 0.6) is 0 Å². The lowest BCUT2D eigenvalue weighted by atomic mass is 10.0. The lowest BCUT2D eigenvalue weighted by molar-refractivity contribution is -0.0120. The van der Waals surface area contributed by atoms with Crippen molar-refractivity contribution in [3.63, 3.8) is 0 Å². The molecule has 8 nitrogen and oxygen atoms in total. The first-order valence-corrected chi connectivity index (χ1v) is 7.55. The van der Waals surface area contributed by atoms with Crippen LogP contribution in [0, 0.1) is 0 Å². The molecule has 0 amide bonds. The van der Waals surface area contributed by atoms with Gasteiger partial charge in [-0.1, -0.05) is 0 Å². The molecule has 2 rings (SSSR count). The van der Waals surface area contributed by atoms with E-state index in [0.717, 1.165) is 0 Å². The smallest absolute Gasteiger partial charge is 0.260 e. The first-order valence-electron chi connectivity index (χ1n) is 6.07. The highest BCUT2D eigenvalue weighted by Crippen LogP contribution is 2.23. The highest BCUT2D eigenvalue weighted by atomic mass is 32.2. The molecule has 0 saturated carbocycles. The van der Waals surface area contributed by atoms with E-state index in [2.05, 4.69) is 15.1 Å². The summed E-state index contributed by atoms with van der Waals surface area (Å²) in [5.74, 6) is 5.29. The summed E-state index contributed by atoms with van der Waals surface area (Å²) >= 11 is 0. The van der Waals surface area contributed by atoms with Crippen molar-refractivity contribution in [1.82, 2.24) is 9.71 Å². The monoisotopic (exact) mass is 302 g/mol. The zero-order valence-corrected chi connectivity index (χ0v) is 11.9. The molecule has 9 heteroatoms. The zero-order chi connectivity index (χ0) is 14.6. The summed E-state index contributed by atoms with van der Waals surface area (Å²) in [6, 6.07) is 3.13. The Labute approximate surface area is 117 Å². The number of rotatable bonds is 6. The molecule has 4 N–H and O–H groups in total. The van der Waals surface area contributed by atoms with Gasteiger partial charge in [-0.05, 0) is 12.1 Å². The number of ether oxygens (including phenoxy) is 2. The molecule has 0 spiro atoms. The van der Waals surface area contributed by atoms with Crippen LogP contribution < -0.4 is 16.0 Å². The number of methoxy groups -OCH3 is 1. The minimum Gasteiger partial charge on any atom is -0.378 e. The molecule has 1 aromatic rings. The van der Waals surface area contributed by atoms with Gasteiger partial charge in [0.05, 0.1) is 12.3 Å². The number of sulfonamides is 1. The lowest BCUT2D eigenvalue weighted by Crippen LogP contribution is -2.45. The van der Waals surface area contributed by atoms with Gasteiger partial charge >= 0.3 is 0 Å². The second-order valence-electron chi connectivity index (χ2n) is 4.51. The Morgan fingerprint density at radius 3 is 3.00 bits per heavy atom. The minimum absolute atomic E-state index is 0.117. The topological polar surface area (TPSA) is 116 Å². The molecule has 0 aromatic carbocycles. The zero-order valence-electron chi connectivity index (χ0n) is 11.1. The maximum Gasteiger partial charge on any atom is 0.260 e. The van der Waals surface area contributed by atoms with Gasteiger partial charge in [0.25, 0.3) is 10.0 Å². The van der Waals surface area contributed by atoms with Crippen molar-refractivity contribution < 1.29 is 17.9 Å². The van der Waals surface area contributed by atoms with Crippen LogP contribution in [0.15, 0.2) is 23.4 Å². The molecule has 0 aliphatic carbocycles. The van der Waals surface area contributed by atoms with Crippen LogP contribution in [0.2, 0.25) is 0 Å². The van der Waals surface area contributed by atoms with E-state index < -0.39 is 15.6 Å². The number of pyridine rings is 1. The molecule has 1 aliphatic rings. The third-order valence-electron chi connectivity index (χ3n) is 3.27. The quantitative estimate of drug-likeness (QED) is 0.477. The third kappa shape index (κ3) is 3.07. The van der Waals surface area contributed by atoms with Gasteiger partial charge in [-0.15, -0.1) is 0 Å². The molecular formula is C11H18N4O4S. The Bertz CT molecular complexity index is 557. The average Bonchev–Trinajstić information content (AvgIpc) is 2.95. The fraction of sp³-hybridized carbons (Fsp3) is 0.545. The maximum atomic E-state index is 12.3. The molecule has 1 atom stereocenters. The third-order valence-corrected chi connectivity index (χ3v) is 4.62. The standard InChI is InChI=1S/C11H18N4O4S/c1-18-11(4-6-19-8-11)7-14-20(16,17)10-9(15-12)3-2-5-13-10/h2-3,5,14-15H,4,6-8,12H2,1H3. The normalized spacial score (nSPS) is 22.9. The average molecular weight is 302 g/mol. The molecule has 1 fully saturated rings. The van der Waals surface area contributed by atoms with Gasteiger partial charge in [-0.25, -0.2) is 18.1 Å². The predicted octanol–water partition coefficient (Wildman–Crippen LogP) is -0.549. The highest BCUT2D eigenvalue weighted by molar-refractivity contribution is 7.89.